The molecule has 0 radical (unpaired) electrons. The molecule has 1 nitrogen and oxygen atoms in total. The lowest BCUT2D eigenvalue weighted by Crippen LogP contribution is -2.03. The van der Waals surface area contributed by atoms with Crippen LogP contribution >= 0.6 is 11.3 Å². The summed E-state index contributed by atoms with van der Waals surface area (Å²) in [5.41, 5.74) is 1.25. The highest BCUT2D eigenvalue weighted by atomic mass is 32.1. The van der Waals surface area contributed by atoms with Crippen LogP contribution in [0.5, 0.6) is 0 Å². The molecule has 0 bridgehead atoms. The van der Waals surface area contributed by atoms with Gasteiger partial charge in [0.2, 0.25) is 0 Å². The number of rotatable bonds is 4. The Morgan fingerprint density at radius 2 is 1.94 bits per heavy atom. The van der Waals surface area contributed by atoms with Gasteiger partial charge in [0.25, 0.3) is 0 Å². The Morgan fingerprint density at radius 3 is 2.56 bits per heavy atom. The lowest BCUT2D eigenvalue weighted by molar-refractivity contribution is 0.174. The van der Waals surface area contributed by atoms with Crippen molar-refractivity contribution in [3.05, 3.63) is 57.0 Å². The molecular weight excluding hydrogens is 247 g/mol. The van der Waals surface area contributed by atoms with Crippen LogP contribution in [0.25, 0.3) is 0 Å². The average Bonchev–Trinajstić information content (AvgIpc) is 2.76. The van der Waals surface area contributed by atoms with Crippen LogP contribution in [0.2, 0.25) is 0 Å². The zero-order valence-electron chi connectivity index (χ0n) is 10.6. The van der Waals surface area contributed by atoms with E-state index in [1.54, 1.807) is 17.4 Å². The minimum absolute atomic E-state index is 0.324. The summed E-state index contributed by atoms with van der Waals surface area (Å²) >= 11 is 1.68. The monoisotopic (exact) mass is 264 g/mol. The van der Waals surface area contributed by atoms with E-state index in [0.29, 0.717) is 12.0 Å². The van der Waals surface area contributed by atoms with Crippen molar-refractivity contribution in [1.29, 1.82) is 0 Å². The first-order valence-corrected chi connectivity index (χ1v) is 6.93. The number of hydrogen-bond acceptors (Lipinski definition) is 2. The average molecular weight is 264 g/mol. The number of aryl methyl sites for hydroxylation is 2. The number of benzene rings is 1. The maximum absolute atomic E-state index is 13.7. The zero-order chi connectivity index (χ0) is 13.1. The van der Waals surface area contributed by atoms with Crippen molar-refractivity contribution in [3.8, 4) is 0 Å². The number of aliphatic hydroxyl groups excluding tert-OH is 1. The van der Waals surface area contributed by atoms with Crippen LogP contribution in [0.1, 0.15) is 33.9 Å². The number of aliphatic hydroxyl groups is 1. The molecule has 1 unspecified atom stereocenters. The summed E-state index contributed by atoms with van der Waals surface area (Å²) in [4.78, 5) is 2.39. The second kappa shape index (κ2) is 5.63. The lowest BCUT2D eigenvalue weighted by Gasteiger charge is -2.11. The Hall–Kier alpha value is -1.19. The standard InChI is InChI=1S/C15H17FOS/c1-3-11-5-6-12(18-11)9-15(17)13-7-4-10(2)8-14(13)16/h4-8,15,17H,3,9H2,1-2H3. The zero-order valence-corrected chi connectivity index (χ0v) is 11.4. The van der Waals surface area contributed by atoms with E-state index in [1.165, 1.54) is 10.9 Å². The SMILES string of the molecule is CCc1ccc(CC(O)c2ccc(C)cc2F)s1. The molecule has 1 aromatic heterocycles. The predicted molar refractivity (Wildman–Crippen MR) is 73.5 cm³/mol. The van der Waals surface area contributed by atoms with E-state index < -0.39 is 6.10 Å². The van der Waals surface area contributed by atoms with Crippen molar-refractivity contribution < 1.29 is 9.50 Å². The number of hydrogen-bond donors (Lipinski definition) is 1. The van der Waals surface area contributed by atoms with Gasteiger partial charge in [0.15, 0.2) is 0 Å². The summed E-state index contributed by atoms with van der Waals surface area (Å²) in [6.45, 7) is 3.94. The van der Waals surface area contributed by atoms with Gasteiger partial charge < -0.3 is 5.11 Å². The van der Waals surface area contributed by atoms with E-state index in [4.69, 9.17) is 0 Å². The van der Waals surface area contributed by atoms with Gasteiger partial charge in [0, 0.05) is 21.7 Å². The van der Waals surface area contributed by atoms with Gasteiger partial charge in [-0.2, -0.15) is 0 Å². The van der Waals surface area contributed by atoms with Crippen LogP contribution < -0.4 is 0 Å². The fourth-order valence-corrected chi connectivity index (χ4v) is 2.92. The molecule has 1 atom stereocenters. The molecule has 0 aliphatic heterocycles. The highest BCUT2D eigenvalue weighted by Crippen LogP contribution is 2.26. The Balaban J connectivity index is 2.13. The lowest BCUT2D eigenvalue weighted by atomic mass is 10.0. The molecule has 0 spiro atoms. The second-order valence-corrected chi connectivity index (χ2v) is 5.72. The van der Waals surface area contributed by atoms with E-state index in [9.17, 15) is 9.50 Å². The van der Waals surface area contributed by atoms with Gasteiger partial charge in [-0.25, -0.2) is 4.39 Å². The first kappa shape index (κ1) is 13.2. The van der Waals surface area contributed by atoms with Crippen LogP contribution in [0.15, 0.2) is 30.3 Å². The van der Waals surface area contributed by atoms with Crippen molar-refractivity contribution in [3.63, 3.8) is 0 Å². The minimum atomic E-state index is -0.769. The molecule has 3 heteroatoms. The van der Waals surface area contributed by atoms with Crippen molar-refractivity contribution in [2.75, 3.05) is 0 Å². The molecule has 1 N–H and O–H groups in total. The van der Waals surface area contributed by atoms with Gasteiger partial charge in [-0.3, -0.25) is 0 Å². The molecule has 0 amide bonds. The van der Waals surface area contributed by atoms with Crippen LogP contribution in [0, 0.1) is 12.7 Å². The third-order valence-electron chi connectivity index (χ3n) is 2.98. The van der Waals surface area contributed by atoms with E-state index in [2.05, 4.69) is 13.0 Å². The third kappa shape index (κ3) is 2.98. The fraction of sp³-hybridized carbons (Fsp3) is 0.333. The summed E-state index contributed by atoms with van der Waals surface area (Å²) in [6.07, 6.45) is 0.707. The van der Waals surface area contributed by atoms with E-state index in [1.807, 2.05) is 19.1 Å². The Kier molecular flexibility index (Phi) is 4.15. The molecule has 0 aliphatic carbocycles. The Morgan fingerprint density at radius 1 is 1.22 bits per heavy atom. The van der Waals surface area contributed by atoms with Gasteiger partial charge in [0.05, 0.1) is 6.10 Å². The Labute approximate surface area is 111 Å². The highest BCUT2D eigenvalue weighted by Gasteiger charge is 2.14. The molecule has 0 aliphatic rings. The molecule has 0 saturated heterocycles. The molecule has 2 aromatic rings. The van der Waals surface area contributed by atoms with Crippen LogP contribution in [-0.4, -0.2) is 5.11 Å². The van der Waals surface area contributed by atoms with Gasteiger partial charge in [0.1, 0.15) is 5.82 Å². The van der Waals surface area contributed by atoms with Crippen molar-refractivity contribution >= 4 is 11.3 Å². The van der Waals surface area contributed by atoms with Crippen LogP contribution in [0.4, 0.5) is 4.39 Å². The van der Waals surface area contributed by atoms with E-state index in [-0.39, 0.29) is 5.82 Å². The van der Waals surface area contributed by atoms with Gasteiger partial charge >= 0.3 is 0 Å². The highest BCUT2D eigenvalue weighted by molar-refractivity contribution is 7.11. The van der Waals surface area contributed by atoms with Crippen LogP contribution in [0.3, 0.4) is 0 Å². The summed E-state index contributed by atoms with van der Waals surface area (Å²) in [6, 6.07) is 9.04. The summed E-state index contributed by atoms with van der Waals surface area (Å²) in [7, 11) is 0. The van der Waals surface area contributed by atoms with Gasteiger partial charge in [-0.15, -0.1) is 11.3 Å². The number of halogens is 1. The minimum Gasteiger partial charge on any atom is -0.388 e. The van der Waals surface area contributed by atoms with Crippen molar-refractivity contribution in [2.45, 2.75) is 32.8 Å². The molecule has 0 fully saturated rings. The normalized spacial score (nSPS) is 12.7. The van der Waals surface area contributed by atoms with Crippen LogP contribution in [-0.2, 0) is 12.8 Å². The van der Waals surface area contributed by atoms with Gasteiger partial charge in [-0.05, 0) is 37.1 Å². The number of thiophene rings is 1. The maximum atomic E-state index is 13.7. The molecule has 18 heavy (non-hydrogen) atoms. The molecular formula is C15H17FOS. The van der Waals surface area contributed by atoms with Gasteiger partial charge in [-0.1, -0.05) is 19.1 Å². The quantitative estimate of drug-likeness (QED) is 0.883. The first-order chi connectivity index (χ1) is 8.60. The molecule has 96 valence electrons. The summed E-state index contributed by atoms with van der Waals surface area (Å²) < 4.78 is 13.7. The molecule has 0 saturated carbocycles. The third-order valence-corrected chi connectivity index (χ3v) is 4.23. The first-order valence-electron chi connectivity index (χ1n) is 6.12. The van der Waals surface area contributed by atoms with Crippen molar-refractivity contribution in [2.24, 2.45) is 0 Å². The Bertz CT molecular complexity index is 533. The largest absolute Gasteiger partial charge is 0.388 e. The fourth-order valence-electron chi connectivity index (χ4n) is 1.92. The summed E-state index contributed by atoms with van der Waals surface area (Å²) in [5, 5.41) is 10.1. The maximum Gasteiger partial charge on any atom is 0.129 e. The van der Waals surface area contributed by atoms with Crippen molar-refractivity contribution in [1.82, 2.24) is 0 Å². The summed E-state index contributed by atoms with van der Waals surface area (Å²) in [5.74, 6) is -0.324. The molecule has 1 aromatic carbocycles. The smallest absolute Gasteiger partial charge is 0.129 e. The predicted octanol–water partition coefficient (Wildman–Crippen LogP) is 4.03. The molecule has 1 heterocycles. The topological polar surface area (TPSA) is 20.2 Å². The molecule has 2 rings (SSSR count). The van der Waals surface area contributed by atoms with E-state index in [0.717, 1.165) is 16.9 Å². The second-order valence-electron chi connectivity index (χ2n) is 4.47. The van der Waals surface area contributed by atoms with E-state index >= 15 is 0 Å².